The second-order valence-electron chi connectivity index (χ2n) is 3.03. The largest absolute Gasteiger partial charge is 0.396 e. The molecular formula is C6H11NO5. The van der Waals surface area contributed by atoms with Gasteiger partial charge in [-0.2, -0.15) is 0 Å². The van der Waals surface area contributed by atoms with Gasteiger partial charge in [0.25, 0.3) is 0 Å². The van der Waals surface area contributed by atoms with Crippen molar-refractivity contribution < 1.29 is 19.8 Å². The Bertz CT molecular complexity index is 179. The highest BCUT2D eigenvalue weighted by Crippen LogP contribution is 2.20. The molecule has 0 amide bonds. The molecule has 0 bridgehead atoms. The van der Waals surface area contributed by atoms with E-state index in [1.165, 1.54) is 13.8 Å². The molecular weight excluding hydrogens is 166 g/mol. The Morgan fingerprint density at radius 2 is 2.17 bits per heavy atom. The van der Waals surface area contributed by atoms with Gasteiger partial charge in [-0.05, 0) is 0 Å². The van der Waals surface area contributed by atoms with Gasteiger partial charge in [-0.3, -0.25) is 4.84 Å². The van der Waals surface area contributed by atoms with Crippen LogP contribution in [0, 0.1) is 10.3 Å². The molecule has 70 valence electrons. The number of aliphatic hydroxyl groups excluding tert-OH is 2. The van der Waals surface area contributed by atoms with Gasteiger partial charge >= 0.3 is 5.97 Å². The minimum absolute atomic E-state index is 0.401. The van der Waals surface area contributed by atoms with Crippen LogP contribution < -0.4 is 0 Å². The number of carbonyl (C=O) groups excluding carboxylic acids is 1. The van der Waals surface area contributed by atoms with Crippen molar-refractivity contribution in [1.29, 1.82) is 0 Å². The van der Waals surface area contributed by atoms with Crippen molar-refractivity contribution in [1.82, 2.24) is 0 Å². The van der Waals surface area contributed by atoms with Crippen LogP contribution in [0.25, 0.3) is 0 Å². The Labute approximate surface area is 69.1 Å². The van der Waals surface area contributed by atoms with Crippen LogP contribution in [0.2, 0.25) is 0 Å². The van der Waals surface area contributed by atoms with Crippen molar-refractivity contribution in [3.8, 4) is 0 Å². The molecule has 0 aromatic rings. The lowest BCUT2D eigenvalue weighted by atomic mass is 9.88. The van der Waals surface area contributed by atoms with E-state index in [1.807, 2.05) is 5.34 Å². The number of carbonyl (C=O) groups is 1. The zero-order chi connectivity index (χ0) is 9.78. The first-order valence-electron chi connectivity index (χ1n) is 3.28. The zero-order valence-corrected chi connectivity index (χ0v) is 6.85. The van der Waals surface area contributed by atoms with Crippen LogP contribution >= 0.6 is 0 Å². The van der Waals surface area contributed by atoms with E-state index in [0.29, 0.717) is 0 Å². The molecule has 0 aromatic heterocycles. The van der Waals surface area contributed by atoms with Gasteiger partial charge in [-0.15, -0.1) is 4.91 Å². The first kappa shape index (κ1) is 11.0. The zero-order valence-electron chi connectivity index (χ0n) is 6.85. The van der Waals surface area contributed by atoms with Crippen molar-refractivity contribution in [2.75, 3.05) is 6.61 Å². The van der Waals surface area contributed by atoms with E-state index < -0.39 is 24.1 Å². The van der Waals surface area contributed by atoms with Crippen LogP contribution in [-0.4, -0.2) is 28.9 Å². The number of hydrogen-bond donors (Lipinski definition) is 2. The molecule has 6 heteroatoms. The van der Waals surface area contributed by atoms with Crippen molar-refractivity contribution in [2.24, 2.45) is 10.8 Å². The number of aliphatic hydroxyl groups is 2. The van der Waals surface area contributed by atoms with E-state index in [0.717, 1.165) is 0 Å². The number of rotatable bonds is 4. The highest BCUT2D eigenvalue weighted by molar-refractivity contribution is 5.75. The average Bonchev–Trinajstić information content (AvgIpc) is 2.03. The molecule has 0 aliphatic rings. The van der Waals surface area contributed by atoms with E-state index in [4.69, 9.17) is 10.2 Å². The van der Waals surface area contributed by atoms with Gasteiger partial charge in [0.2, 0.25) is 0 Å². The summed E-state index contributed by atoms with van der Waals surface area (Å²) in [6, 6.07) is 0. The maximum Gasteiger partial charge on any atom is 0.367 e. The van der Waals surface area contributed by atoms with E-state index >= 15 is 0 Å². The Morgan fingerprint density at radius 1 is 1.67 bits per heavy atom. The van der Waals surface area contributed by atoms with Crippen molar-refractivity contribution >= 4 is 5.97 Å². The van der Waals surface area contributed by atoms with Crippen molar-refractivity contribution in [3.05, 3.63) is 4.91 Å². The van der Waals surface area contributed by atoms with Crippen molar-refractivity contribution in [3.63, 3.8) is 0 Å². The molecule has 6 nitrogen and oxygen atoms in total. The maximum absolute atomic E-state index is 10.7. The molecule has 0 spiro atoms. The van der Waals surface area contributed by atoms with E-state index in [9.17, 15) is 9.70 Å². The lowest BCUT2D eigenvalue weighted by molar-refractivity contribution is -0.162. The van der Waals surface area contributed by atoms with Crippen LogP contribution in [0.4, 0.5) is 0 Å². The van der Waals surface area contributed by atoms with Gasteiger partial charge in [-0.1, -0.05) is 13.8 Å². The van der Waals surface area contributed by atoms with E-state index in [-0.39, 0.29) is 0 Å². The molecule has 0 aliphatic heterocycles. The topological polar surface area (TPSA) is 96.2 Å². The summed E-state index contributed by atoms with van der Waals surface area (Å²) in [4.78, 5) is 23.8. The summed E-state index contributed by atoms with van der Waals surface area (Å²) in [6.07, 6.45) is -1.56. The predicted molar refractivity (Wildman–Crippen MR) is 38.8 cm³/mol. The van der Waals surface area contributed by atoms with Crippen molar-refractivity contribution in [2.45, 2.75) is 20.0 Å². The molecule has 0 heterocycles. The fourth-order valence-corrected chi connectivity index (χ4v) is 0.492. The molecule has 2 N–H and O–H groups in total. The first-order valence-corrected chi connectivity index (χ1v) is 3.28. The molecule has 1 atom stereocenters. The Kier molecular flexibility index (Phi) is 3.78. The predicted octanol–water partition coefficient (Wildman–Crippen LogP) is -0.410. The molecule has 0 fully saturated rings. The number of nitrogens with zero attached hydrogens (tertiary/aromatic N) is 1. The summed E-state index contributed by atoms with van der Waals surface area (Å²) in [5.74, 6) is -1.16. The Morgan fingerprint density at radius 3 is 2.50 bits per heavy atom. The minimum Gasteiger partial charge on any atom is -0.396 e. The summed E-state index contributed by atoms with van der Waals surface area (Å²) >= 11 is 0. The molecule has 0 saturated carbocycles. The Hall–Kier alpha value is -1.01. The summed E-state index contributed by atoms with van der Waals surface area (Å²) in [5, 5.41) is 19.7. The fraction of sp³-hybridized carbons (Fsp3) is 0.833. The van der Waals surface area contributed by atoms with Gasteiger partial charge in [0.05, 0.1) is 6.61 Å². The molecule has 0 aromatic carbocycles. The molecule has 0 radical (unpaired) electrons. The third-order valence-electron chi connectivity index (χ3n) is 1.50. The minimum atomic E-state index is -1.56. The van der Waals surface area contributed by atoms with Crippen LogP contribution in [0.5, 0.6) is 0 Å². The molecule has 0 rings (SSSR count). The van der Waals surface area contributed by atoms with Crippen LogP contribution in [0.15, 0.2) is 5.34 Å². The smallest absolute Gasteiger partial charge is 0.367 e. The second-order valence-corrected chi connectivity index (χ2v) is 3.03. The highest BCUT2D eigenvalue weighted by atomic mass is 16.8. The van der Waals surface area contributed by atoms with E-state index in [2.05, 4.69) is 4.84 Å². The highest BCUT2D eigenvalue weighted by Gasteiger charge is 2.34. The number of hydrogen-bond acceptors (Lipinski definition) is 6. The lowest BCUT2D eigenvalue weighted by Gasteiger charge is -2.24. The Balaban J connectivity index is 4.26. The van der Waals surface area contributed by atoms with Crippen LogP contribution in [0.1, 0.15) is 13.8 Å². The summed E-state index contributed by atoms with van der Waals surface area (Å²) in [7, 11) is 0. The third kappa shape index (κ3) is 2.55. The fourth-order valence-electron chi connectivity index (χ4n) is 0.492. The van der Waals surface area contributed by atoms with Gasteiger partial charge in [0, 0.05) is 5.41 Å². The van der Waals surface area contributed by atoms with E-state index in [1.54, 1.807) is 0 Å². The molecule has 12 heavy (non-hydrogen) atoms. The first-order chi connectivity index (χ1) is 5.45. The molecule has 0 saturated heterocycles. The lowest BCUT2D eigenvalue weighted by Crippen LogP contribution is -2.39. The van der Waals surface area contributed by atoms with Gasteiger partial charge in [-0.25, -0.2) is 4.79 Å². The third-order valence-corrected chi connectivity index (χ3v) is 1.50. The monoisotopic (exact) mass is 177 g/mol. The summed E-state index contributed by atoms with van der Waals surface area (Å²) in [5.41, 5.74) is -1.04. The summed E-state index contributed by atoms with van der Waals surface area (Å²) in [6.45, 7) is 2.50. The van der Waals surface area contributed by atoms with Crippen LogP contribution in [0.3, 0.4) is 0 Å². The average molecular weight is 177 g/mol. The van der Waals surface area contributed by atoms with Crippen LogP contribution in [-0.2, 0) is 9.63 Å². The molecule has 0 aliphatic carbocycles. The summed E-state index contributed by atoms with van der Waals surface area (Å²) < 4.78 is 0. The van der Waals surface area contributed by atoms with Gasteiger partial charge < -0.3 is 10.2 Å². The second kappa shape index (κ2) is 4.13. The maximum atomic E-state index is 10.7. The SMILES string of the molecule is CC(C)(CO)[C@@H](O)C(=O)ON=O. The standard InChI is InChI=1S/C6H11NO5/c1-6(2,3-8)4(9)5(10)12-7-11/h4,8-9H,3H2,1-2H3/t4-/m0/s1. The quantitative estimate of drug-likeness (QED) is 0.449. The van der Waals surface area contributed by atoms with Gasteiger partial charge in [0.1, 0.15) is 0 Å². The normalized spacial score (nSPS) is 13.7. The molecule has 0 unspecified atom stereocenters. The van der Waals surface area contributed by atoms with Gasteiger partial charge in [0.15, 0.2) is 11.4 Å².